The smallest absolute Gasteiger partial charge is 0.211 e. The van der Waals surface area contributed by atoms with Crippen molar-refractivity contribution in [1.82, 2.24) is 9.62 Å². The predicted molar refractivity (Wildman–Crippen MR) is 50.9 cm³/mol. The molecule has 0 aromatic heterocycles. The number of nitrogens with one attached hydrogen (secondary N) is 1. The van der Waals surface area contributed by atoms with Crippen molar-refractivity contribution in [2.45, 2.75) is 24.9 Å². The molecule has 13 heavy (non-hydrogen) atoms. The second-order valence-corrected chi connectivity index (χ2v) is 6.07. The maximum atomic E-state index is 11.4. The molecule has 1 saturated carbocycles. The molecule has 76 valence electrons. The number of sulfonamides is 1. The van der Waals surface area contributed by atoms with Crippen molar-refractivity contribution in [2.75, 3.05) is 19.8 Å². The Kier molecular flexibility index (Phi) is 2.13. The van der Waals surface area contributed by atoms with Gasteiger partial charge in [-0.1, -0.05) is 0 Å². The van der Waals surface area contributed by atoms with E-state index in [1.165, 1.54) is 6.26 Å². The van der Waals surface area contributed by atoms with Crippen molar-refractivity contribution >= 4 is 10.0 Å². The van der Waals surface area contributed by atoms with Gasteiger partial charge in [0, 0.05) is 18.6 Å². The minimum absolute atomic E-state index is 0.213. The molecule has 0 amide bonds. The highest BCUT2D eigenvalue weighted by molar-refractivity contribution is 7.88. The van der Waals surface area contributed by atoms with Crippen LogP contribution in [0.25, 0.3) is 0 Å². The van der Waals surface area contributed by atoms with Crippen LogP contribution in [0.1, 0.15) is 12.8 Å². The molecule has 1 aliphatic carbocycles. The van der Waals surface area contributed by atoms with Gasteiger partial charge in [0.25, 0.3) is 0 Å². The molecule has 2 fully saturated rings. The fourth-order valence-corrected chi connectivity index (χ4v) is 3.87. The Hall–Kier alpha value is -0.130. The molecule has 3 unspecified atom stereocenters. The summed E-state index contributed by atoms with van der Waals surface area (Å²) in [7, 11) is -1.07. The van der Waals surface area contributed by atoms with E-state index in [4.69, 9.17) is 0 Å². The number of rotatable bonds is 2. The van der Waals surface area contributed by atoms with Crippen LogP contribution in [-0.4, -0.2) is 44.7 Å². The highest BCUT2D eigenvalue weighted by atomic mass is 32.2. The third-order valence-electron chi connectivity index (χ3n) is 3.23. The van der Waals surface area contributed by atoms with Gasteiger partial charge in [-0.2, -0.15) is 4.31 Å². The van der Waals surface area contributed by atoms with Gasteiger partial charge in [0.05, 0.1) is 6.26 Å². The van der Waals surface area contributed by atoms with Crippen molar-refractivity contribution in [3.05, 3.63) is 0 Å². The Balaban J connectivity index is 2.19. The molecule has 0 spiro atoms. The first-order valence-electron chi connectivity index (χ1n) is 4.66. The Bertz CT molecular complexity index is 301. The van der Waals surface area contributed by atoms with Crippen LogP contribution in [-0.2, 0) is 10.0 Å². The summed E-state index contributed by atoms with van der Waals surface area (Å²) in [5.74, 6) is 0.581. The Morgan fingerprint density at radius 3 is 2.54 bits per heavy atom. The zero-order chi connectivity index (χ0) is 9.64. The molecular formula is C8H16N2O2S. The third kappa shape index (κ3) is 1.49. The van der Waals surface area contributed by atoms with E-state index >= 15 is 0 Å². The zero-order valence-electron chi connectivity index (χ0n) is 8.03. The van der Waals surface area contributed by atoms with E-state index in [2.05, 4.69) is 5.32 Å². The lowest BCUT2D eigenvalue weighted by Crippen LogP contribution is -2.49. The number of hydrogen-bond donors (Lipinski definition) is 1. The first-order valence-corrected chi connectivity index (χ1v) is 6.51. The van der Waals surface area contributed by atoms with Gasteiger partial charge in [0.1, 0.15) is 0 Å². The second-order valence-electron chi connectivity index (χ2n) is 4.13. The topological polar surface area (TPSA) is 49.4 Å². The van der Waals surface area contributed by atoms with Crippen LogP contribution in [0.5, 0.6) is 0 Å². The lowest BCUT2D eigenvalue weighted by atomic mass is 10.1. The first kappa shape index (κ1) is 9.43. The average molecular weight is 204 g/mol. The van der Waals surface area contributed by atoms with Crippen molar-refractivity contribution in [2.24, 2.45) is 5.92 Å². The van der Waals surface area contributed by atoms with Crippen LogP contribution in [0.4, 0.5) is 0 Å². The van der Waals surface area contributed by atoms with Crippen molar-refractivity contribution in [1.29, 1.82) is 0 Å². The Labute approximate surface area is 79.4 Å². The molecule has 1 saturated heterocycles. The van der Waals surface area contributed by atoms with Crippen molar-refractivity contribution in [3.8, 4) is 0 Å². The van der Waals surface area contributed by atoms with Crippen molar-refractivity contribution in [3.63, 3.8) is 0 Å². The van der Waals surface area contributed by atoms with Crippen LogP contribution < -0.4 is 5.32 Å². The standard InChI is InChI=1S/C8H16N2O2S/c1-9-7-3-6-4-8(7)10(5-6)13(2,11)12/h6-9H,3-5H2,1-2H3. The molecule has 1 heterocycles. The van der Waals surface area contributed by atoms with E-state index in [1.54, 1.807) is 4.31 Å². The highest BCUT2D eigenvalue weighted by Crippen LogP contribution is 2.38. The number of piperidine rings is 1. The van der Waals surface area contributed by atoms with E-state index in [1.807, 2.05) is 7.05 Å². The molecule has 0 aromatic rings. The van der Waals surface area contributed by atoms with Crippen LogP contribution in [0, 0.1) is 5.92 Å². The summed E-state index contributed by atoms with van der Waals surface area (Å²) in [6, 6.07) is 0.582. The van der Waals surface area contributed by atoms with E-state index in [-0.39, 0.29) is 6.04 Å². The quantitative estimate of drug-likeness (QED) is 0.667. The molecule has 2 bridgehead atoms. The van der Waals surface area contributed by atoms with Crippen LogP contribution in [0.15, 0.2) is 0 Å². The fraction of sp³-hybridized carbons (Fsp3) is 1.00. The number of hydrogen-bond acceptors (Lipinski definition) is 3. The second kappa shape index (κ2) is 2.93. The summed E-state index contributed by atoms with van der Waals surface area (Å²) in [5.41, 5.74) is 0. The maximum Gasteiger partial charge on any atom is 0.211 e. The summed E-state index contributed by atoms with van der Waals surface area (Å²) in [6.45, 7) is 0.738. The molecule has 3 atom stereocenters. The van der Waals surface area contributed by atoms with E-state index < -0.39 is 10.0 Å². The zero-order valence-corrected chi connectivity index (χ0v) is 8.84. The lowest BCUT2D eigenvalue weighted by Gasteiger charge is -2.30. The summed E-state index contributed by atoms with van der Waals surface area (Å²) in [4.78, 5) is 0. The lowest BCUT2D eigenvalue weighted by molar-refractivity contribution is 0.280. The van der Waals surface area contributed by atoms with Gasteiger partial charge in [0.2, 0.25) is 10.0 Å². The Morgan fingerprint density at radius 1 is 1.38 bits per heavy atom. The van der Waals surface area contributed by atoms with Gasteiger partial charge < -0.3 is 5.32 Å². The Morgan fingerprint density at radius 2 is 2.08 bits per heavy atom. The molecule has 0 aromatic carbocycles. The van der Waals surface area contributed by atoms with E-state index in [9.17, 15) is 8.42 Å². The van der Waals surface area contributed by atoms with Gasteiger partial charge in [-0.15, -0.1) is 0 Å². The van der Waals surface area contributed by atoms with Gasteiger partial charge in [0.15, 0.2) is 0 Å². The predicted octanol–water partition coefficient (Wildman–Crippen LogP) is -0.372. The van der Waals surface area contributed by atoms with Gasteiger partial charge in [-0.05, 0) is 25.8 Å². The number of nitrogens with zero attached hydrogens (tertiary/aromatic N) is 1. The highest BCUT2D eigenvalue weighted by Gasteiger charge is 2.47. The van der Waals surface area contributed by atoms with E-state index in [0.29, 0.717) is 12.0 Å². The third-order valence-corrected chi connectivity index (χ3v) is 4.50. The fourth-order valence-electron chi connectivity index (χ4n) is 2.67. The maximum absolute atomic E-state index is 11.4. The molecule has 2 rings (SSSR count). The van der Waals surface area contributed by atoms with E-state index in [0.717, 1.165) is 19.4 Å². The van der Waals surface area contributed by atoms with Crippen LogP contribution in [0.2, 0.25) is 0 Å². The molecule has 0 radical (unpaired) electrons. The van der Waals surface area contributed by atoms with Crippen molar-refractivity contribution < 1.29 is 8.42 Å². The summed E-state index contributed by atoms with van der Waals surface area (Å²) in [6.07, 6.45) is 3.48. The van der Waals surface area contributed by atoms with Crippen LogP contribution in [0.3, 0.4) is 0 Å². The number of fused-ring (bicyclic) bond motifs is 2. The molecule has 1 aliphatic heterocycles. The monoisotopic (exact) mass is 204 g/mol. The molecule has 2 aliphatic rings. The minimum Gasteiger partial charge on any atom is -0.315 e. The SMILES string of the molecule is CNC1CC2CC1N(S(C)(=O)=O)C2. The minimum atomic E-state index is -2.98. The summed E-state index contributed by atoms with van der Waals surface area (Å²) in [5, 5.41) is 3.19. The summed E-state index contributed by atoms with van der Waals surface area (Å²) >= 11 is 0. The average Bonchev–Trinajstić information content (AvgIpc) is 2.59. The van der Waals surface area contributed by atoms with Gasteiger partial charge >= 0.3 is 0 Å². The molecular weight excluding hydrogens is 188 g/mol. The first-order chi connectivity index (χ1) is 6.02. The largest absolute Gasteiger partial charge is 0.315 e. The molecule has 5 heteroatoms. The number of likely N-dealkylation sites (N-methyl/N-ethyl adjacent to an activating group) is 1. The normalized spacial score (nSPS) is 40.0. The summed E-state index contributed by atoms with van der Waals surface area (Å²) < 4.78 is 24.4. The van der Waals surface area contributed by atoms with Crippen LogP contribution >= 0.6 is 0 Å². The molecule has 1 N–H and O–H groups in total. The molecule has 4 nitrogen and oxygen atoms in total. The van der Waals surface area contributed by atoms with Gasteiger partial charge in [-0.25, -0.2) is 8.42 Å². The van der Waals surface area contributed by atoms with Gasteiger partial charge in [-0.3, -0.25) is 0 Å².